The van der Waals surface area contributed by atoms with Crippen LogP contribution in [0.5, 0.6) is 0 Å². The Balaban J connectivity index is 3.21. The predicted octanol–water partition coefficient (Wildman–Crippen LogP) is -1.04. The minimum Gasteiger partial charge on any atom is -0.477 e. The summed E-state index contributed by atoms with van der Waals surface area (Å²) in [5, 5.41) is 16.9. The first-order valence-corrected chi connectivity index (χ1v) is 3.07. The largest absolute Gasteiger partial charge is 0.477 e. The molecule has 1 rings (SSSR count). The molecule has 0 atom stereocenters. The number of aromatic carboxylic acids is 1. The van der Waals surface area contributed by atoms with E-state index in [-0.39, 0.29) is 5.82 Å². The van der Waals surface area contributed by atoms with E-state index < -0.39 is 23.7 Å². The molecule has 0 spiro atoms. The van der Waals surface area contributed by atoms with Gasteiger partial charge in [0, 0.05) is 6.20 Å². The SMILES string of the molecule is O=C(O)c1cnc(CO)[nH]c1=O. The quantitative estimate of drug-likeness (QED) is 0.526. The summed E-state index contributed by atoms with van der Waals surface area (Å²) in [5.74, 6) is -1.29. The summed E-state index contributed by atoms with van der Waals surface area (Å²) in [4.78, 5) is 26.8. The molecule has 0 aliphatic heterocycles. The lowest BCUT2D eigenvalue weighted by Gasteiger charge is -1.95. The number of nitrogens with one attached hydrogen (secondary N) is 1. The van der Waals surface area contributed by atoms with Gasteiger partial charge in [0.2, 0.25) is 0 Å². The molecule has 0 unspecified atom stereocenters. The number of H-pyrrole nitrogens is 1. The molecule has 1 heterocycles. The number of hydrogen-bond acceptors (Lipinski definition) is 4. The van der Waals surface area contributed by atoms with Crippen molar-refractivity contribution in [2.24, 2.45) is 0 Å². The molecule has 12 heavy (non-hydrogen) atoms. The third-order valence-corrected chi connectivity index (χ3v) is 1.23. The van der Waals surface area contributed by atoms with E-state index in [1.165, 1.54) is 0 Å². The summed E-state index contributed by atoms with van der Waals surface area (Å²) < 4.78 is 0. The van der Waals surface area contributed by atoms with Crippen molar-refractivity contribution >= 4 is 5.97 Å². The van der Waals surface area contributed by atoms with Crippen molar-refractivity contribution in [3.05, 3.63) is 27.9 Å². The van der Waals surface area contributed by atoms with Crippen molar-refractivity contribution in [3.63, 3.8) is 0 Å². The van der Waals surface area contributed by atoms with Crippen LogP contribution >= 0.6 is 0 Å². The minimum absolute atomic E-state index is 0.0463. The summed E-state index contributed by atoms with van der Waals surface area (Å²) in [6, 6.07) is 0. The second kappa shape index (κ2) is 3.14. The van der Waals surface area contributed by atoms with Crippen LogP contribution in [0.15, 0.2) is 11.0 Å². The Labute approximate surface area is 66.5 Å². The molecule has 0 aromatic carbocycles. The first-order valence-electron chi connectivity index (χ1n) is 3.07. The highest BCUT2D eigenvalue weighted by Gasteiger charge is 2.08. The number of aromatic amines is 1. The van der Waals surface area contributed by atoms with Crippen LogP contribution in [0.2, 0.25) is 0 Å². The molecule has 3 N–H and O–H groups in total. The number of aliphatic hydroxyl groups is 1. The lowest BCUT2D eigenvalue weighted by Crippen LogP contribution is -2.19. The molecule has 0 bridgehead atoms. The normalized spacial score (nSPS) is 9.75. The molecule has 0 amide bonds. The summed E-state index contributed by atoms with van der Waals surface area (Å²) in [5.41, 5.74) is -1.20. The summed E-state index contributed by atoms with van der Waals surface area (Å²) in [6.07, 6.45) is 0.909. The third kappa shape index (κ3) is 1.48. The molecule has 1 aromatic rings. The Kier molecular flexibility index (Phi) is 2.20. The molecule has 0 saturated carbocycles. The first kappa shape index (κ1) is 8.41. The fourth-order valence-corrected chi connectivity index (χ4v) is 0.664. The number of nitrogens with zero attached hydrogens (tertiary/aromatic N) is 1. The first-order chi connectivity index (χ1) is 5.65. The van der Waals surface area contributed by atoms with Gasteiger partial charge in [-0.25, -0.2) is 9.78 Å². The molecular formula is C6H6N2O4. The van der Waals surface area contributed by atoms with Gasteiger partial charge in [0.1, 0.15) is 18.0 Å². The van der Waals surface area contributed by atoms with Crippen LogP contribution in [0.1, 0.15) is 16.2 Å². The van der Waals surface area contributed by atoms with Gasteiger partial charge in [-0.05, 0) is 0 Å². The van der Waals surface area contributed by atoms with E-state index in [9.17, 15) is 9.59 Å². The van der Waals surface area contributed by atoms with Crippen molar-refractivity contribution in [3.8, 4) is 0 Å². The fourth-order valence-electron chi connectivity index (χ4n) is 0.664. The maximum atomic E-state index is 10.9. The van der Waals surface area contributed by atoms with E-state index >= 15 is 0 Å². The lowest BCUT2D eigenvalue weighted by molar-refractivity contribution is 0.0694. The van der Waals surface area contributed by atoms with Gasteiger partial charge in [-0.3, -0.25) is 4.79 Å². The van der Waals surface area contributed by atoms with Crippen LogP contribution < -0.4 is 5.56 Å². The van der Waals surface area contributed by atoms with Gasteiger partial charge in [-0.1, -0.05) is 0 Å². The zero-order valence-corrected chi connectivity index (χ0v) is 5.94. The summed E-state index contributed by atoms with van der Waals surface area (Å²) >= 11 is 0. The van der Waals surface area contributed by atoms with E-state index in [4.69, 9.17) is 10.2 Å². The minimum atomic E-state index is -1.34. The molecule has 0 radical (unpaired) electrons. The van der Waals surface area contributed by atoms with E-state index in [2.05, 4.69) is 9.97 Å². The topological polar surface area (TPSA) is 103 Å². The van der Waals surface area contributed by atoms with E-state index in [0.29, 0.717) is 0 Å². The Morgan fingerprint density at radius 1 is 1.67 bits per heavy atom. The van der Waals surface area contributed by atoms with Gasteiger partial charge >= 0.3 is 5.97 Å². The number of carbonyl (C=O) groups is 1. The molecule has 1 aromatic heterocycles. The van der Waals surface area contributed by atoms with Gasteiger partial charge in [0.25, 0.3) is 5.56 Å². The lowest BCUT2D eigenvalue weighted by atomic mass is 10.3. The van der Waals surface area contributed by atoms with Gasteiger partial charge in [0.15, 0.2) is 0 Å². The van der Waals surface area contributed by atoms with Crippen molar-refractivity contribution < 1.29 is 15.0 Å². The number of hydrogen-bond donors (Lipinski definition) is 3. The van der Waals surface area contributed by atoms with Crippen molar-refractivity contribution in [2.75, 3.05) is 0 Å². The molecule has 0 saturated heterocycles. The van der Waals surface area contributed by atoms with Crippen LogP contribution in [0.4, 0.5) is 0 Å². The smallest absolute Gasteiger partial charge is 0.342 e. The Bertz CT molecular complexity index is 357. The Morgan fingerprint density at radius 3 is 2.75 bits per heavy atom. The number of aliphatic hydroxyl groups excluding tert-OH is 1. The van der Waals surface area contributed by atoms with Gasteiger partial charge in [-0.15, -0.1) is 0 Å². The van der Waals surface area contributed by atoms with Crippen molar-refractivity contribution in [2.45, 2.75) is 6.61 Å². The fraction of sp³-hybridized carbons (Fsp3) is 0.167. The molecule has 0 aliphatic rings. The van der Waals surface area contributed by atoms with Crippen molar-refractivity contribution in [1.82, 2.24) is 9.97 Å². The molecule has 64 valence electrons. The van der Waals surface area contributed by atoms with Crippen LogP contribution in [0, 0.1) is 0 Å². The average Bonchev–Trinajstić information content (AvgIpc) is 2.03. The highest BCUT2D eigenvalue weighted by molar-refractivity contribution is 5.86. The van der Waals surface area contributed by atoms with Crippen LogP contribution in [0.25, 0.3) is 0 Å². The van der Waals surface area contributed by atoms with E-state index in [0.717, 1.165) is 6.20 Å². The second-order valence-electron chi connectivity index (χ2n) is 2.04. The van der Waals surface area contributed by atoms with Gasteiger partial charge in [-0.2, -0.15) is 0 Å². The second-order valence-corrected chi connectivity index (χ2v) is 2.04. The maximum absolute atomic E-state index is 10.9. The average molecular weight is 170 g/mol. The van der Waals surface area contributed by atoms with E-state index in [1.807, 2.05) is 0 Å². The summed E-state index contributed by atoms with van der Waals surface area (Å²) in [7, 11) is 0. The molecule has 0 aliphatic carbocycles. The molecule has 0 fully saturated rings. The zero-order chi connectivity index (χ0) is 9.14. The standard InChI is InChI=1S/C6H6N2O4/c9-2-4-7-1-3(6(11)12)5(10)8-4/h1,9H,2H2,(H,11,12)(H,7,8,10). The number of carboxylic acids is 1. The highest BCUT2D eigenvalue weighted by Crippen LogP contribution is 1.88. The van der Waals surface area contributed by atoms with Crippen LogP contribution in [0.3, 0.4) is 0 Å². The number of rotatable bonds is 2. The molecule has 6 nitrogen and oxygen atoms in total. The van der Waals surface area contributed by atoms with Crippen LogP contribution in [-0.4, -0.2) is 26.2 Å². The van der Waals surface area contributed by atoms with Crippen LogP contribution in [-0.2, 0) is 6.61 Å². The highest BCUT2D eigenvalue weighted by atomic mass is 16.4. The van der Waals surface area contributed by atoms with Crippen molar-refractivity contribution in [1.29, 1.82) is 0 Å². The molecular weight excluding hydrogens is 164 g/mol. The zero-order valence-electron chi connectivity index (χ0n) is 5.94. The molecule has 6 heteroatoms. The third-order valence-electron chi connectivity index (χ3n) is 1.23. The van der Waals surface area contributed by atoms with Gasteiger partial charge in [0.05, 0.1) is 0 Å². The Morgan fingerprint density at radius 2 is 2.33 bits per heavy atom. The maximum Gasteiger partial charge on any atom is 0.342 e. The monoisotopic (exact) mass is 170 g/mol. The predicted molar refractivity (Wildman–Crippen MR) is 37.7 cm³/mol. The van der Waals surface area contributed by atoms with Gasteiger partial charge < -0.3 is 15.2 Å². The number of carboxylic acid groups (broad SMARTS) is 1. The summed E-state index contributed by atoms with van der Waals surface area (Å²) in [6.45, 7) is -0.421. The van der Waals surface area contributed by atoms with E-state index in [1.54, 1.807) is 0 Å². The number of aromatic nitrogens is 2. The Hall–Kier alpha value is -1.69.